The SMILES string of the molecule is CC(=O)N1CC(Nc2cc(C(=O)NCC(O)CN3CCc4ccccc4C3)nc(C(C)(C)C)n2)C1. The molecule has 0 aliphatic carbocycles. The third-order valence-electron chi connectivity index (χ3n) is 6.49. The van der Waals surface area contributed by atoms with Crippen molar-refractivity contribution in [2.24, 2.45) is 0 Å². The van der Waals surface area contributed by atoms with Gasteiger partial charge < -0.3 is 20.6 Å². The number of nitrogens with one attached hydrogen (secondary N) is 2. The van der Waals surface area contributed by atoms with Crippen molar-refractivity contribution in [2.75, 3.05) is 38.0 Å². The smallest absolute Gasteiger partial charge is 0.270 e. The number of aliphatic hydroxyl groups excluding tert-OH is 1. The Balaban J connectivity index is 1.35. The second-order valence-corrected chi connectivity index (χ2v) is 10.6. The lowest BCUT2D eigenvalue weighted by atomic mass is 9.95. The van der Waals surface area contributed by atoms with Crippen LogP contribution in [0.15, 0.2) is 30.3 Å². The van der Waals surface area contributed by atoms with Gasteiger partial charge in [-0.1, -0.05) is 45.0 Å². The highest BCUT2D eigenvalue weighted by atomic mass is 16.3. The van der Waals surface area contributed by atoms with E-state index in [4.69, 9.17) is 0 Å². The number of hydrogen-bond acceptors (Lipinski definition) is 7. The van der Waals surface area contributed by atoms with Crippen LogP contribution in [0.25, 0.3) is 0 Å². The van der Waals surface area contributed by atoms with Gasteiger partial charge in [0.25, 0.3) is 5.91 Å². The molecule has 1 aromatic heterocycles. The topological polar surface area (TPSA) is 111 Å². The summed E-state index contributed by atoms with van der Waals surface area (Å²) in [7, 11) is 0. The highest BCUT2D eigenvalue weighted by molar-refractivity contribution is 5.93. The monoisotopic (exact) mass is 480 g/mol. The summed E-state index contributed by atoms with van der Waals surface area (Å²) in [6, 6.07) is 10.1. The molecule has 1 saturated heterocycles. The van der Waals surface area contributed by atoms with Gasteiger partial charge in [-0.3, -0.25) is 14.5 Å². The maximum Gasteiger partial charge on any atom is 0.270 e. The Bertz CT molecular complexity index is 1080. The molecule has 0 saturated carbocycles. The second kappa shape index (κ2) is 10.3. The van der Waals surface area contributed by atoms with Crippen molar-refractivity contribution in [1.82, 2.24) is 25.1 Å². The highest BCUT2D eigenvalue weighted by Crippen LogP contribution is 2.22. The van der Waals surface area contributed by atoms with Gasteiger partial charge in [0, 0.05) is 57.7 Å². The molecule has 0 radical (unpaired) electrons. The van der Waals surface area contributed by atoms with Crippen molar-refractivity contribution in [3.8, 4) is 0 Å². The van der Waals surface area contributed by atoms with Crippen LogP contribution in [0.2, 0.25) is 0 Å². The summed E-state index contributed by atoms with van der Waals surface area (Å²) >= 11 is 0. The number of carbonyl (C=O) groups is 2. The minimum atomic E-state index is -0.682. The molecule has 9 heteroatoms. The third kappa shape index (κ3) is 6.35. The number of aromatic nitrogens is 2. The van der Waals surface area contributed by atoms with E-state index in [1.165, 1.54) is 11.1 Å². The van der Waals surface area contributed by atoms with Gasteiger partial charge >= 0.3 is 0 Å². The predicted octanol–water partition coefficient (Wildman–Crippen LogP) is 1.57. The minimum absolute atomic E-state index is 0.0495. The van der Waals surface area contributed by atoms with E-state index < -0.39 is 6.10 Å². The van der Waals surface area contributed by atoms with Crippen LogP contribution in [0, 0.1) is 0 Å². The van der Waals surface area contributed by atoms with Gasteiger partial charge in [0.15, 0.2) is 0 Å². The largest absolute Gasteiger partial charge is 0.390 e. The maximum atomic E-state index is 12.9. The number of amides is 2. The lowest BCUT2D eigenvalue weighted by Crippen LogP contribution is -2.56. The van der Waals surface area contributed by atoms with Crippen LogP contribution >= 0.6 is 0 Å². The number of rotatable bonds is 7. The number of fused-ring (bicyclic) bond motifs is 1. The van der Waals surface area contributed by atoms with Crippen LogP contribution < -0.4 is 10.6 Å². The van der Waals surface area contributed by atoms with E-state index in [9.17, 15) is 14.7 Å². The molecule has 2 aliphatic heterocycles. The summed E-state index contributed by atoms with van der Waals surface area (Å²) < 4.78 is 0. The Hall–Kier alpha value is -3.04. The number of carbonyl (C=O) groups excluding carboxylic acids is 2. The third-order valence-corrected chi connectivity index (χ3v) is 6.49. The first-order valence-electron chi connectivity index (χ1n) is 12.3. The number of hydrogen-bond donors (Lipinski definition) is 3. The van der Waals surface area contributed by atoms with E-state index in [2.05, 4.69) is 43.7 Å². The van der Waals surface area contributed by atoms with Gasteiger partial charge in [-0.2, -0.15) is 0 Å². The Morgan fingerprint density at radius 1 is 1.17 bits per heavy atom. The summed E-state index contributed by atoms with van der Waals surface area (Å²) in [4.78, 5) is 37.5. The standard InChI is InChI=1S/C26H36N6O3/c1-17(33)32-14-20(15-32)28-23-11-22(29-25(30-23)26(2,3)4)24(35)27-12-21(34)16-31-10-9-18-7-5-6-8-19(18)13-31/h5-8,11,20-21,34H,9-10,12-16H2,1-4H3,(H,27,35)(H,28,29,30). The van der Waals surface area contributed by atoms with Crippen molar-refractivity contribution in [3.05, 3.63) is 53.0 Å². The summed E-state index contributed by atoms with van der Waals surface area (Å²) in [5, 5.41) is 16.7. The van der Waals surface area contributed by atoms with Gasteiger partial charge in [0.05, 0.1) is 12.1 Å². The fourth-order valence-electron chi connectivity index (χ4n) is 4.38. The molecule has 3 N–H and O–H groups in total. The van der Waals surface area contributed by atoms with Crippen LogP contribution in [0.1, 0.15) is 55.1 Å². The molecule has 2 aromatic rings. The van der Waals surface area contributed by atoms with Gasteiger partial charge in [-0.15, -0.1) is 0 Å². The molecule has 2 aliphatic rings. The first kappa shape index (κ1) is 25.1. The lowest BCUT2D eigenvalue weighted by molar-refractivity contribution is -0.132. The average molecular weight is 481 g/mol. The molecule has 0 bridgehead atoms. The summed E-state index contributed by atoms with van der Waals surface area (Å²) in [5.41, 5.74) is 2.57. The molecule has 1 unspecified atom stereocenters. The van der Waals surface area contributed by atoms with Crippen LogP contribution in [0.5, 0.6) is 0 Å². The Kier molecular flexibility index (Phi) is 7.37. The Morgan fingerprint density at radius 3 is 2.57 bits per heavy atom. The van der Waals surface area contributed by atoms with E-state index in [0.29, 0.717) is 31.3 Å². The normalized spacial score (nSPS) is 17.3. The number of aliphatic hydroxyl groups is 1. The Labute approximate surface area is 206 Å². The zero-order valence-electron chi connectivity index (χ0n) is 21.0. The molecule has 1 aromatic carbocycles. The summed E-state index contributed by atoms with van der Waals surface area (Å²) in [6.45, 7) is 11.1. The fourth-order valence-corrected chi connectivity index (χ4v) is 4.38. The zero-order chi connectivity index (χ0) is 25.2. The van der Waals surface area contributed by atoms with Crippen molar-refractivity contribution in [1.29, 1.82) is 0 Å². The van der Waals surface area contributed by atoms with Crippen molar-refractivity contribution in [2.45, 2.75) is 58.2 Å². The molecule has 0 spiro atoms. The average Bonchev–Trinajstić information content (AvgIpc) is 2.78. The molecular weight excluding hydrogens is 444 g/mol. The van der Waals surface area contributed by atoms with E-state index in [1.54, 1.807) is 17.9 Å². The van der Waals surface area contributed by atoms with Gasteiger partial charge in [-0.25, -0.2) is 9.97 Å². The lowest BCUT2D eigenvalue weighted by Gasteiger charge is -2.39. The van der Waals surface area contributed by atoms with Gasteiger partial charge in [0.1, 0.15) is 17.3 Å². The summed E-state index contributed by atoms with van der Waals surface area (Å²) in [6.07, 6.45) is 0.283. The highest BCUT2D eigenvalue weighted by Gasteiger charge is 2.30. The minimum Gasteiger partial charge on any atom is -0.390 e. The quantitative estimate of drug-likeness (QED) is 0.552. The molecule has 3 heterocycles. The van der Waals surface area contributed by atoms with E-state index in [1.807, 2.05) is 26.8 Å². The molecular formula is C26H36N6O3. The van der Waals surface area contributed by atoms with Crippen LogP contribution in [0.4, 0.5) is 5.82 Å². The van der Waals surface area contributed by atoms with E-state index in [0.717, 1.165) is 19.5 Å². The van der Waals surface area contributed by atoms with E-state index in [-0.39, 0.29) is 35.5 Å². The second-order valence-electron chi connectivity index (χ2n) is 10.6. The number of β-amino-alcohol motifs (C(OH)–C–C–N with tert-alkyl or cyclic N) is 1. The van der Waals surface area contributed by atoms with Gasteiger partial charge in [-0.05, 0) is 17.5 Å². The molecule has 4 rings (SSSR count). The number of anilines is 1. The number of nitrogens with zero attached hydrogens (tertiary/aromatic N) is 4. The van der Waals surface area contributed by atoms with Gasteiger partial charge in [0.2, 0.25) is 5.91 Å². The maximum absolute atomic E-state index is 12.9. The summed E-state index contributed by atoms with van der Waals surface area (Å²) in [5.74, 6) is 0.829. The molecule has 1 atom stereocenters. The molecule has 2 amide bonds. The molecule has 1 fully saturated rings. The van der Waals surface area contributed by atoms with Crippen molar-refractivity contribution < 1.29 is 14.7 Å². The predicted molar refractivity (Wildman–Crippen MR) is 134 cm³/mol. The molecule has 188 valence electrons. The van der Waals surface area contributed by atoms with Crippen LogP contribution in [0.3, 0.4) is 0 Å². The molecule has 9 nitrogen and oxygen atoms in total. The fraction of sp³-hybridized carbons (Fsp3) is 0.538. The van der Waals surface area contributed by atoms with Crippen molar-refractivity contribution >= 4 is 17.6 Å². The van der Waals surface area contributed by atoms with E-state index >= 15 is 0 Å². The number of benzene rings is 1. The van der Waals surface area contributed by atoms with Crippen LogP contribution in [-0.2, 0) is 23.2 Å². The molecule has 35 heavy (non-hydrogen) atoms. The van der Waals surface area contributed by atoms with Crippen molar-refractivity contribution in [3.63, 3.8) is 0 Å². The zero-order valence-corrected chi connectivity index (χ0v) is 21.0. The van der Waals surface area contributed by atoms with Crippen LogP contribution in [-0.4, -0.2) is 81.6 Å². The first-order valence-corrected chi connectivity index (χ1v) is 12.3. The number of likely N-dealkylation sites (tertiary alicyclic amines) is 1. The Morgan fingerprint density at radius 2 is 1.89 bits per heavy atom. The first-order chi connectivity index (χ1) is 16.6.